The van der Waals surface area contributed by atoms with E-state index in [4.69, 9.17) is 5.73 Å². The molecule has 0 radical (unpaired) electrons. The number of nitrogens with one attached hydrogen (secondary N) is 2. The maximum absolute atomic E-state index is 11.8. The molecule has 2 amide bonds. The smallest absolute Gasteiger partial charge is 0.326 e. The lowest BCUT2D eigenvalue weighted by Gasteiger charge is -2.11. The van der Waals surface area contributed by atoms with E-state index in [-0.39, 0.29) is 5.96 Å². The highest BCUT2D eigenvalue weighted by atomic mass is 79.9. The molecule has 6 heteroatoms. The predicted molar refractivity (Wildman–Crippen MR) is 82.4 cm³/mol. The SMILES string of the molecule is Cc1cccc(Br)c1NC(=O)NC(N)=NCC(C)C. The first-order chi connectivity index (χ1) is 8.90. The van der Waals surface area contributed by atoms with Crippen LogP contribution in [-0.2, 0) is 0 Å². The van der Waals surface area contributed by atoms with Crippen molar-refractivity contribution >= 4 is 33.6 Å². The number of aliphatic imine (C=N–C) groups is 1. The van der Waals surface area contributed by atoms with Crippen LogP contribution in [0.3, 0.4) is 0 Å². The third-order valence-corrected chi connectivity index (χ3v) is 2.99. The highest BCUT2D eigenvalue weighted by Gasteiger charge is 2.08. The lowest BCUT2D eigenvalue weighted by Crippen LogP contribution is -2.40. The van der Waals surface area contributed by atoms with Gasteiger partial charge in [0.15, 0.2) is 5.96 Å². The highest BCUT2D eigenvalue weighted by molar-refractivity contribution is 9.10. The van der Waals surface area contributed by atoms with E-state index < -0.39 is 6.03 Å². The van der Waals surface area contributed by atoms with Gasteiger partial charge in [-0.3, -0.25) is 10.3 Å². The third kappa shape index (κ3) is 5.30. The van der Waals surface area contributed by atoms with E-state index in [0.717, 1.165) is 15.7 Å². The van der Waals surface area contributed by atoms with Crippen LogP contribution in [0.25, 0.3) is 0 Å². The van der Waals surface area contributed by atoms with E-state index in [0.29, 0.717) is 12.5 Å². The summed E-state index contributed by atoms with van der Waals surface area (Å²) in [6.45, 7) is 6.55. The van der Waals surface area contributed by atoms with Gasteiger partial charge in [-0.25, -0.2) is 4.79 Å². The van der Waals surface area contributed by atoms with Crippen molar-refractivity contribution in [2.45, 2.75) is 20.8 Å². The summed E-state index contributed by atoms with van der Waals surface area (Å²) in [4.78, 5) is 15.8. The Morgan fingerprint density at radius 1 is 1.47 bits per heavy atom. The van der Waals surface area contributed by atoms with Crippen LogP contribution < -0.4 is 16.4 Å². The van der Waals surface area contributed by atoms with Crippen molar-refractivity contribution in [3.8, 4) is 0 Å². The normalized spacial score (nSPS) is 11.5. The van der Waals surface area contributed by atoms with Gasteiger partial charge in [0, 0.05) is 11.0 Å². The second kappa shape index (κ2) is 7.13. The Labute approximate surface area is 121 Å². The lowest BCUT2D eigenvalue weighted by atomic mass is 10.2. The number of nitrogens with two attached hydrogens (primary N) is 1. The van der Waals surface area contributed by atoms with Gasteiger partial charge >= 0.3 is 6.03 Å². The van der Waals surface area contributed by atoms with Crippen molar-refractivity contribution in [3.63, 3.8) is 0 Å². The molecular formula is C13H19BrN4O. The molecule has 1 rings (SSSR count). The molecular weight excluding hydrogens is 308 g/mol. The number of para-hydroxylation sites is 1. The zero-order valence-corrected chi connectivity index (χ0v) is 12.9. The molecule has 1 aromatic carbocycles. The second-order valence-electron chi connectivity index (χ2n) is 4.63. The molecule has 19 heavy (non-hydrogen) atoms. The molecule has 0 aromatic heterocycles. The van der Waals surface area contributed by atoms with Crippen LogP contribution in [0.5, 0.6) is 0 Å². The van der Waals surface area contributed by atoms with E-state index in [9.17, 15) is 4.79 Å². The molecule has 0 aliphatic rings. The average molecular weight is 327 g/mol. The molecule has 0 aliphatic heterocycles. The van der Waals surface area contributed by atoms with Crippen LogP contribution in [0.4, 0.5) is 10.5 Å². The fourth-order valence-electron chi connectivity index (χ4n) is 1.37. The first-order valence-electron chi connectivity index (χ1n) is 6.03. The van der Waals surface area contributed by atoms with Gasteiger partial charge in [-0.05, 0) is 40.4 Å². The minimum atomic E-state index is -0.403. The maximum Gasteiger partial charge on any atom is 0.326 e. The number of rotatable bonds is 3. The van der Waals surface area contributed by atoms with E-state index >= 15 is 0 Å². The molecule has 1 aromatic rings. The Bertz CT molecular complexity index is 465. The van der Waals surface area contributed by atoms with Crippen molar-refractivity contribution in [1.29, 1.82) is 0 Å². The standard InChI is InChI=1S/C13H19BrN4O/c1-8(2)7-16-12(15)18-13(19)17-11-9(3)5-4-6-10(11)14/h4-6,8H,7H2,1-3H3,(H4,15,16,17,18,19). The maximum atomic E-state index is 11.8. The summed E-state index contributed by atoms with van der Waals surface area (Å²) in [5.41, 5.74) is 7.30. The van der Waals surface area contributed by atoms with Crippen LogP contribution in [0.2, 0.25) is 0 Å². The Morgan fingerprint density at radius 2 is 2.16 bits per heavy atom. The Balaban J connectivity index is 2.63. The van der Waals surface area contributed by atoms with Gasteiger partial charge in [0.25, 0.3) is 0 Å². The van der Waals surface area contributed by atoms with Crippen molar-refractivity contribution in [2.24, 2.45) is 16.6 Å². The summed E-state index contributed by atoms with van der Waals surface area (Å²) in [5, 5.41) is 5.23. The zero-order chi connectivity index (χ0) is 14.4. The molecule has 0 bridgehead atoms. The number of nitrogens with zero attached hydrogens (tertiary/aromatic N) is 1. The van der Waals surface area contributed by atoms with Crippen LogP contribution in [-0.4, -0.2) is 18.5 Å². The zero-order valence-electron chi connectivity index (χ0n) is 11.3. The number of anilines is 1. The number of carbonyl (C=O) groups excluding carboxylic acids is 1. The minimum absolute atomic E-state index is 0.121. The number of urea groups is 1. The van der Waals surface area contributed by atoms with Crippen LogP contribution >= 0.6 is 15.9 Å². The van der Waals surface area contributed by atoms with E-state index in [1.54, 1.807) is 0 Å². The van der Waals surface area contributed by atoms with Crippen molar-refractivity contribution in [1.82, 2.24) is 5.32 Å². The topological polar surface area (TPSA) is 79.5 Å². The van der Waals surface area contributed by atoms with Gasteiger partial charge in [-0.15, -0.1) is 0 Å². The van der Waals surface area contributed by atoms with Crippen LogP contribution in [0.15, 0.2) is 27.7 Å². The number of guanidine groups is 1. The molecule has 0 atom stereocenters. The first kappa shape index (κ1) is 15.5. The Kier molecular flexibility index (Phi) is 5.82. The molecule has 0 saturated heterocycles. The summed E-state index contributed by atoms with van der Waals surface area (Å²) in [5.74, 6) is 0.518. The number of hydrogen-bond acceptors (Lipinski definition) is 2. The predicted octanol–water partition coefficient (Wildman–Crippen LogP) is 2.85. The Hall–Kier alpha value is -1.56. The number of aryl methyl sites for hydroxylation is 1. The molecule has 0 fully saturated rings. The lowest BCUT2D eigenvalue weighted by molar-refractivity contribution is 0.256. The first-order valence-corrected chi connectivity index (χ1v) is 6.82. The van der Waals surface area contributed by atoms with Crippen molar-refractivity contribution < 1.29 is 4.79 Å². The number of amides is 2. The molecule has 0 aliphatic carbocycles. The third-order valence-electron chi connectivity index (χ3n) is 2.33. The molecule has 0 saturated carbocycles. The highest BCUT2D eigenvalue weighted by Crippen LogP contribution is 2.25. The van der Waals surface area contributed by atoms with Gasteiger partial charge in [-0.2, -0.15) is 0 Å². The fraction of sp³-hybridized carbons (Fsp3) is 0.385. The van der Waals surface area contributed by atoms with Crippen molar-refractivity contribution in [3.05, 3.63) is 28.2 Å². The monoisotopic (exact) mass is 326 g/mol. The van der Waals surface area contributed by atoms with Crippen LogP contribution in [0, 0.1) is 12.8 Å². The van der Waals surface area contributed by atoms with E-state index in [2.05, 4.69) is 31.6 Å². The van der Waals surface area contributed by atoms with Gasteiger partial charge < -0.3 is 11.1 Å². The molecule has 4 N–H and O–H groups in total. The van der Waals surface area contributed by atoms with Gasteiger partial charge in [0.05, 0.1) is 5.69 Å². The molecule has 0 heterocycles. The number of carbonyl (C=O) groups is 1. The fourth-order valence-corrected chi connectivity index (χ4v) is 1.94. The summed E-state index contributed by atoms with van der Waals surface area (Å²) < 4.78 is 0.820. The van der Waals surface area contributed by atoms with Gasteiger partial charge in [0.2, 0.25) is 0 Å². The summed E-state index contributed by atoms with van der Waals surface area (Å²) >= 11 is 3.39. The van der Waals surface area contributed by atoms with E-state index in [1.807, 2.05) is 39.0 Å². The second-order valence-corrected chi connectivity index (χ2v) is 5.48. The molecule has 0 unspecified atom stereocenters. The number of hydrogen-bond donors (Lipinski definition) is 3. The summed E-state index contributed by atoms with van der Waals surface area (Å²) in [6, 6.07) is 5.27. The largest absolute Gasteiger partial charge is 0.370 e. The average Bonchev–Trinajstić information content (AvgIpc) is 2.31. The van der Waals surface area contributed by atoms with E-state index in [1.165, 1.54) is 0 Å². The Morgan fingerprint density at radius 3 is 2.74 bits per heavy atom. The molecule has 5 nitrogen and oxygen atoms in total. The quantitative estimate of drug-likeness (QED) is 0.589. The number of benzene rings is 1. The van der Waals surface area contributed by atoms with Gasteiger partial charge in [-0.1, -0.05) is 26.0 Å². The number of halogens is 1. The minimum Gasteiger partial charge on any atom is -0.370 e. The van der Waals surface area contributed by atoms with Gasteiger partial charge in [0.1, 0.15) is 0 Å². The van der Waals surface area contributed by atoms with Crippen molar-refractivity contribution in [2.75, 3.05) is 11.9 Å². The molecule has 0 spiro atoms. The van der Waals surface area contributed by atoms with Crippen LogP contribution in [0.1, 0.15) is 19.4 Å². The summed E-state index contributed by atoms with van der Waals surface area (Å²) in [6.07, 6.45) is 0. The summed E-state index contributed by atoms with van der Waals surface area (Å²) in [7, 11) is 0. The molecule has 104 valence electrons.